The highest BCUT2D eigenvalue weighted by molar-refractivity contribution is 7.09. The van der Waals surface area contributed by atoms with Crippen LogP contribution in [0.4, 0.5) is 4.79 Å². The standard InChI is InChI=1S/C13H16N4O2S/c1-10-7-12(18)17(9-16-10)5-4-14-13(19)15-8-11-3-2-6-20-11/h2-3,6-7,9H,4-5,8H2,1H3,(H2,14,15,19). The Bertz CT molecular complexity index is 622. The first-order valence-corrected chi connectivity index (χ1v) is 7.10. The number of rotatable bonds is 5. The van der Waals surface area contributed by atoms with Gasteiger partial charge in [-0.25, -0.2) is 9.78 Å². The molecule has 0 spiro atoms. The summed E-state index contributed by atoms with van der Waals surface area (Å²) in [7, 11) is 0. The van der Waals surface area contributed by atoms with Crippen LogP contribution in [0, 0.1) is 6.92 Å². The third kappa shape index (κ3) is 4.20. The number of hydrogen-bond donors (Lipinski definition) is 2. The SMILES string of the molecule is Cc1cc(=O)n(CCNC(=O)NCc2cccs2)cn1. The molecule has 0 aliphatic heterocycles. The summed E-state index contributed by atoms with van der Waals surface area (Å²) in [6.45, 7) is 3.05. The smallest absolute Gasteiger partial charge is 0.315 e. The molecular formula is C13H16N4O2S. The van der Waals surface area contributed by atoms with Crippen LogP contribution in [0.1, 0.15) is 10.6 Å². The van der Waals surface area contributed by atoms with Crippen LogP contribution in [0.3, 0.4) is 0 Å². The summed E-state index contributed by atoms with van der Waals surface area (Å²) >= 11 is 1.59. The molecule has 20 heavy (non-hydrogen) atoms. The molecule has 0 aliphatic carbocycles. The van der Waals surface area contributed by atoms with Crippen molar-refractivity contribution in [1.82, 2.24) is 20.2 Å². The molecule has 0 fully saturated rings. The molecular weight excluding hydrogens is 276 g/mol. The van der Waals surface area contributed by atoms with Crippen molar-refractivity contribution >= 4 is 17.4 Å². The Hall–Kier alpha value is -2.15. The fourth-order valence-corrected chi connectivity index (χ4v) is 2.26. The van der Waals surface area contributed by atoms with Crippen molar-refractivity contribution in [2.75, 3.05) is 6.54 Å². The summed E-state index contributed by atoms with van der Waals surface area (Å²) in [4.78, 5) is 28.3. The fraction of sp³-hybridized carbons (Fsp3) is 0.308. The number of hydrogen-bond acceptors (Lipinski definition) is 4. The van der Waals surface area contributed by atoms with Gasteiger partial charge in [-0.1, -0.05) is 6.07 Å². The average molecular weight is 292 g/mol. The number of carbonyl (C=O) groups is 1. The van der Waals surface area contributed by atoms with E-state index in [1.54, 1.807) is 18.3 Å². The van der Waals surface area contributed by atoms with Gasteiger partial charge in [0.25, 0.3) is 5.56 Å². The number of thiophene rings is 1. The molecule has 0 aliphatic rings. The Morgan fingerprint density at radius 2 is 2.30 bits per heavy atom. The minimum absolute atomic E-state index is 0.113. The predicted molar refractivity (Wildman–Crippen MR) is 77.8 cm³/mol. The predicted octanol–water partition coefficient (Wildman–Crippen LogP) is 1.11. The largest absolute Gasteiger partial charge is 0.336 e. The number of amides is 2. The summed E-state index contributed by atoms with van der Waals surface area (Å²) < 4.78 is 1.46. The first-order chi connectivity index (χ1) is 9.65. The normalized spacial score (nSPS) is 10.2. The molecule has 2 N–H and O–H groups in total. The van der Waals surface area contributed by atoms with E-state index in [1.807, 2.05) is 17.5 Å². The lowest BCUT2D eigenvalue weighted by molar-refractivity contribution is 0.240. The maximum absolute atomic E-state index is 11.6. The summed E-state index contributed by atoms with van der Waals surface area (Å²) in [5.41, 5.74) is 0.575. The van der Waals surface area contributed by atoms with Crippen molar-refractivity contribution in [3.05, 3.63) is 50.8 Å². The average Bonchev–Trinajstić information content (AvgIpc) is 2.92. The van der Waals surface area contributed by atoms with E-state index in [9.17, 15) is 9.59 Å². The zero-order valence-electron chi connectivity index (χ0n) is 11.1. The van der Waals surface area contributed by atoms with Gasteiger partial charge in [0.15, 0.2) is 0 Å². The number of carbonyl (C=O) groups excluding carboxylic acids is 1. The van der Waals surface area contributed by atoms with E-state index >= 15 is 0 Å². The van der Waals surface area contributed by atoms with E-state index in [0.717, 1.165) is 4.88 Å². The molecule has 0 radical (unpaired) electrons. The van der Waals surface area contributed by atoms with Gasteiger partial charge in [-0.15, -0.1) is 11.3 Å². The maximum atomic E-state index is 11.6. The summed E-state index contributed by atoms with van der Waals surface area (Å²) in [5.74, 6) is 0. The molecule has 0 atom stereocenters. The zero-order valence-corrected chi connectivity index (χ0v) is 11.9. The number of nitrogens with zero attached hydrogens (tertiary/aromatic N) is 2. The van der Waals surface area contributed by atoms with Crippen LogP contribution in [0.2, 0.25) is 0 Å². The van der Waals surface area contributed by atoms with E-state index in [0.29, 0.717) is 25.3 Å². The van der Waals surface area contributed by atoms with Gasteiger partial charge in [-0.3, -0.25) is 9.36 Å². The first kappa shape index (κ1) is 14.3. The van der Waals surface area contributed by atoms with Crippen LogP contribution in [0.25, 0.3) is 0 Å². The molecule has 2 aromatic rings. The minimum Gasteiger partial charge on any atom is -0.336 e. The van der Waals surface area contributed by atoms with Crippen LogP contribution in [-0.2, 0) is 13.1 Å². The second kappa shape index (κ2) is 6.85. The first-order valence-electron chi connectivity index (χ1n) is 6.22. The van der Waals surface area contributed by atoms with Crippen LogP contribution < -0.4 is 16.2 Å². The Balaban J connectivity index is 1.72. The lowest BCUT2D eigenvalue weighted by Crippen LogP contribution is -2.37. The highest BCUT2D eigenvalue weighted by atomic mass is 32.1. The van der Waals surface area contributed by atoms with Gasteiger partial charge in [-0.05, 0) is 18.4 Å². The number of aryl methyl sites for hydroxylation is 1. The zero-order chi connectivity index (χ0) is 14.4. The molecule has 6 nitrogen and oxygen atoms in total. The van der Waals surface area contributed by atoms with Gasteiger partial charge in [0.1, 0.15) is 0 Å². The van der Waals surface area contributed by atoms with Gasteiger partial charge >= 0.3 is 6.03 Å². The minimum atomic E-state index is -0.244. The highest BCUT2D eigenvalue weighted by Gasteiger charge is 2.01. The van der Waals surface area contributed by atoms with Gasteiger partial charge < -0.3 is 10.6 Å². The molecule has 2 rings (SSSR count). The molecule has 106 valence electrons. The molecule has 2 amide bonds. The molecule has 0 bridgehead atoms. The Morgan fingerprint density at radius 3 is 3.00 bits per heavy atom. The van der Waals surface area contributed by atoms with E-state index in [2.05, 4.69) is 15.6 Å². The van der Waals surface area contributed by atoms with Gasteiger partial charge in [0.2, 0.25) is 0 Å². The van der Waals surface area contributed by atoms with Crippen LogP contribution in [0.5, 0.6) is 0 Å². The lowest BCUT2D eigenvalue weighted by atomic mass is 10.4. The lowest BCUT2D eigenvalue weighted by Gasteiger charge is -2.08. The second-order valence-electron chi connectivity index (χ2n) is 4.25. The van der Waals surface area contributed by atoms with Gasteiger partial charge in [0.05, 0.1) is 12.9 Å². The number of aromatic nitrogens is 2. The van der Waals surface area contributed by atoms with E-state index in [-0.39, 0.29) is 11.6 Å². The molecule has 0 aromatic carbocycles. The van der Waals surface area contributed by atoms with Crippen molar-refractivity contribution < 1.29 is 4.79 Å². The fourth-order valence-electron chi connectivity index (χ4n) is 1.62. The summed E-state index contributed by atoms with van der Waals surface area (Å²) in [6.07, 6.45) is 1.49. The Morgan fingerprint density at radius 1 is 1.45 bits per heavy atom. The highest BCUT2D eigenvalue weighted by Crippen LogP contribution is 2.06. The Labute approximate surface area is 120 Å². The molecule has 0 saturated heterocycles. The third-order valence-corrected chi connectivity index (χ3v) is 3.53. The molecule has 0 unspecified atom stereocenters. The molecule has 2 aromatic heterocycles. The van der Waals surface area contributed by atoms with Crippen molar-refractivity contribution in [3.8, 4) is 0 Å². The van der Waals surface area contributed by atoms with Crippen LogP contribution in [0.15, 0.2) is 34.7 Å². The topological polar surface area (TPSA) is 76.0 Å². The van der Waals surface area contributed by atoms with Crippen LogP contribution in [-0.4, -0.2) is 22.1 Å². The molecule has 0 saturated carbocycles. The quantitative estimate of drug-likeness (QED) is 0.867. The van der Waals surface area contributed by atoms with Crippen molar-refractivity contribution in [2.45, 2.75) is 20.0 Å². The number of nitrogens with one attached hydrogen (secondary N) is 2. The summed E-state index contributed by atoms with van der Waals surface area (Å²) in [6, 6.07) is 5.13. The molecule has 2 heterocycles. The molecule has 7 heteroatoms. The van der Waals surface area contributed by atoms with Crippen molar-refractivity contribution in [2.24, 2.45) is 0 Å². The maximum Gasteiger partial charge on any atom is 0.315 e. The third-order valence-electron chi connectivity index (χ3n) is 2.66. The van der Waals surface area contributed by atoms with Crippen molar-refractivity contribution in [1.29, 1.82) is 0 Å². The van der Waals surface area contributed by atoms with Gasteiger partial charge in [-0.2, -0.15) is 0 Å². The second-order valence-corrected chi connectivity index (χ2v) is 5.28. The number of urea groups is 1. The van der Waals surface area contributed by atoms with E-state index < -0.39 is 0 Å². The summed E-state index contributed by atoms with van der Waals surface area (Å²) in [5, 5.41) is 7.42. The van der Waals surface area contributed by atoms with E-state index in [4.69, 9.17) is 0 Å². The van der Waals surface area contributed by atoms with Crippen molar-refractivity contribution in [3.63, 3.8) is 0 Å². The Kier molecular flexibility index (Phi) is 4.89. The van der Waals surface area contributed by atoms with Gasteiger partial charge in [0, 0.05) is 29.7 Å². The van der Waals surface area contributed by atoms with Crippen LogP contribution >= 0.6 is 11.3 Å². The van der Waals surface area contributed by atoms with E-state index in [1.165, 1.54) is 17.0 Å². The monoisotopic (exact) mass is 292 g/mol.